The van der Waals surface area contributed by atoms with Crippen LogP contribution in [0.15, 0.2) is 84.9 Å². The van der Waals surface area contributed by atoms with Crippen LogP contribution in [0.1, 0.15) is 44.5 Å². The van der Waals surface area contributed by atoms with Crippen LogP contribution in [0, 0.1) is 13.8 Å². The van der Waals surface area contributed by atoms with Gasteiger partial charge >= 0.3 is 0 Å². The summed E-state index contributed by atoms with van der Waals surface area (Å²) in [5, 5.41) is 0. The van der Waals surface area contributed by atoms with Gasteiger partial charge in [-0.1, -0.05) is 60.7 Å². The Morgan fingerprint density at radius 2 is 0.735 bits per heavy atom. The molecule has 0 spiro atoms. The largest absolute Gasteiger partial charge is 0.399 e. The maximum Gasteiger partial charge on any atom is 0.0314 e. The Labute approximate surface area is 204 Å². The Morgan fingerprint density at radius 3 is 1.09 bits per heavy atom. The molecule has 0 heterocycles. The molecule has 34 heavy (non-hydrogen) atoms. The smallest absolute Gasteiger partial charge is 0.0314 e. The number of anilines is 2. The predicted octanol–water partition coefficient (Wildman–Crippen LogP) is 6.82. The number of nitrogen functional groups attached to an aromatic ring is 2. The minimum Gasteiger partial charge on any atom is -0.399 e. The van der Waals surface area contributed by atoms with Crippen molar-refractivity contribution in [1.82, 2.24) is 0 Å². The third-order valence-corrected chi connectivity index (χ3v) is 6.84. The standard InChI is InChI=1S/C32H36N2/c1-23-21-27(7-15-29(23)13-5-25-9-17-31(33)18-10-25)3-4-28-8-16-30(24(2)22-28)14-6-26-11-19-32(34)20-12-26/h7-12,15-22H,3-6,13-14,33-34H2,1-2H3. The van der Waals surface area contributed by atoms with Gasteiger partial charge in [-0.3, -0.25) is 0 Å². The lowest BCUT2D eigenvalue weighted by molar-refractivity contribution is 0.920. The molecule has 0 fully saturated rings. The summed E-state index contributed by atoms with van der Waals surface area (Å²) in [5.74, 6) is 0. The molecule has 4 aromatic rings. The summed E-state index contributed by atoms with van der Waals surface area (Å²) in [5.41, 5.74) is 24.4. The summed E-state index contributed by atoms with van der Waals surface area (Å²) in [6, 6.07) is 30.4. The lowest BCUT2D eigenvalue weighted by Crippen LogP contribution is -1.99. The average Bonchev–Trinajstić information content (AvgIpc) is 2.83. The molecular formula is C32H36N2. The maximum absolute atomic E-state index is 5.80. The van der Waals surface area contributed by atoms with E-state index in [9.17, 15) is 0 Å². The Morgan fingerprint density at radius 1 is 0.412 bits per heavy atom. The minimum absolute atomic E-state index is 0.826. The second kappa shape index (κ2) is 11.1. The van der Waals surface area contributed by atoms with E-state index >= 15 is 0 Å². The number of benzene rings is 4. The fraction of sp³-hybridized carbons (Fsp3) is 0.250. The summed E-state index contributed by atoms with van der Waals surface area (Å²) < 4.78 is 0. The van der Waals surface area contributed by atoms with Crippen LogP contribution in [0.4, 0.5) is 11.4 Å². The highest BCUT2D eigenvalue weighted by molar-refractivity contribution is 5.41. The van der Waals surface area contributed by atoms with Crippen molar-refractivity contribution in [3.8, 4) is 0 Å². The Balaban J connectivity index is 1.30. The molecule has 174 valence electrons. The molecule has 0 aliphatic carbocycles. The van der Waals surface area contributed by atoms with E-state index in [-0.39, 0.29) is 0 Å². The molecule has 0 radical (unpaired) electrons. The summed E-state index contributed by atoms with van der Waals surface area (Å²) in [6.45, 7) is 4.48. The zero-order chi connectivity index (χ0) is 23.9. The molecular weight excluding hydrogens is 412 g/mol. The van der Waals surface area contributed by atoms with E-state index in [1.165, 1.54) is 44.5 Å². The van der Waals surface area contributed by atoms with Gasteiger partial charge in [0.15, 0.2) is 0 Å². The van der Waals surface area contributed by atoms with E-state index in [1.54, 1.807) is 0 Å². The van der Waals surface area contributed by atoms with Crippen molar-refractivity contribution >= 4 is 11.4 Å². The van der Waals surface area contributed by atoms with Crippen molar-refractivity contribution in [2.75, 3.05) is 11.5 Å². The third-order valence-electron chi connectivity index (χ3n) is 6.84. The molecule has 0 bridgehead atoms. The number of hydrogen-bond donors (Lipinski definition) is 2. The Hall–Kier alpha value is -3.52. The lowest BCUT2D eigenvalue weighted by Gasteiger charge is -2.11. The molecule has 0 aromatic heterocycles. The third kappa shape index (κ3) is 6.51. The van der Waals surface area contributed by atoms with Gasteiger partial charge in [0.1, 0.15) is 0 Å². The van der Waals surface area contributed by atoms with Crippen LogP contribution in [-0.2, 0) is 38.5 Å². The van der Waals surface area contributed by atoms with Crippen molar-refractivity contribution in [2.24, 2.45) is 0 Å². The molecule has 0 saturated heterocycles. The topological polar surface area (TPSA) is 52.0 Å². The van der Waals surface area contributed by atoms with E-state index in [2.05, 4.69) is 74.5 Å². The Kier molecular flexibility index (Phi) is 7.69. The molecule has 0 aliphatic rings. The summed E-state index contributed by atoms with van der Waals surface area (Å²) >= 11 is 0. The molecule has 0 atom stereocenters. The molecule has 0 amide bonds. The normalized spacial score (nSPS) is 11.0. The van der Waals surface area contributed by atoms with Crippen molar-refractivity contribution in [2.45, 2.75) is 52.4 Å². The number of nitrogens with two attached hydrogens (primary N) is 2. The van der Waals surface area contributed by atoms with Crippen molar-refractivity contribution in [1.29, 1.82) is 0 Å². The number of hydrogen-bond acceptors (Lipinski definition) is 2. The highest BCUT2D eigenvalue weighted by Gasteiger charge is 2.05. The second-order valence-corrected chi connectivity index (χ2v) is 9.50. The maximum atomic E-state index is 5.80. The lowest BCUT2D eigenvalue weighted by atomic mass is 9.94. The molecule has 4 aromatic carbocycles. The molecule has 4 rings (SSSR count). The highest BCUT2D eigenvalue weighted by Crippen LogP contribution is 2.19. The van der Waals surface area contributed by atoms with Gasteiger partial charge in [-0.15, -0.1) is 0 Å². The first-order valence-corrected chi connectivity index (χ1v) is 12.3. The monoisotopic (exact) mass is 448 g/mol. The van der Waals surface area contributed by atoms with Gasteiger partial charge in [0.05, 0.1) is 0 Å². The van der Waals surface area contributed by atoms with Crippen LogP contribution in [0.2, 0.25) is 0 Å². The van der Waals surface area contributed by atoms with Crippen LogP contribution in [0.5, 0.6) is 0 Å². The van der Waals surface area contributed by atoms with Gasteiger partial charge in [0.2, 0.25) is 0 Å². The van der Waals surface area contributed by atoms with E-state index in [0.717, 1.165) is 49.9 Å². The van der Waals surface area contributed by atoms with Crippen molar-refractivity contribution in [3.05, 3.63) is 129 Å². The first kappa shape index (κ1) is 23.6. The average molecular weight is 449 g/mol. The van der Waals surface area contributed by atoms with Crippen LogP contribution in [0.3, 0.4) is 0 Å². The van der Waals surface area contributed by atoms with E-state index < -0.39 is 0 Å². The molecule has 0 unspecified atom stereocenters. The van der Waals surface area contributed by atoms with Crippen LogP contribution < -0.4 is 11.5 Å². The SMILES string of the molecule is Cc1cc(CCc2ccc(CCc3ccc(N)cc3)c(C)c2)ccc1CCc1ccc(N)cc1. The van der Waals surface area contributed by atoms with E-state index in [1.807, 2.05) is 24.3 Å². The van der Waals surface area contributed by atoms with Crippen LogP contribution >= 0.6 is 0 Å². The van der Waals surface area contributed by atoms with Gasteiger partial charge in [-0.25, -0.2) is 0 Å². The van der Waals surface area contributed by atoms with Crippen LogP contribution in [0.25, 0.3) is 0 Å². The highest BCUT2D eigenvalue weighted by atomic mass is 14.5. The molecule has 0 saturated carbocycles. The summed E-state index contributed by atoms with van der Waals surface area (Å²) in [4.78, 5) is 0. The summed E-state index contributed by atoms with van der Waals surface area (Å²) in [7, 11) is 0. The van der Waals surface area contributed by atoms with Gasteiger partial charge in [-0.05, 0) is 121 Å². The predicted molar refractivity (Wildman–Crippen MR) is 146 cm³/mol. The van der Waals surface area contributed by atoms with Crippen LogP contribution in [-0.4, -0.2) is 0 Å². The summed E-state index contributed by atoms with van der Waals surface area (Å²) in [6.07, 6.45) is 6.36. The quantitative estimate of drug-likeness (QED) is 0.276. The molecule has 4 N–H and O–H groups in total. The van der Waals surface area contributed by atoms with Crippen molar-refractivity contribution in [3.63, 3.8) is 0 Å². The molecule has 2 heteroatoms. The first-order valence-electron chi connectivity index (χ1n) is 12.3. The van der Waals surface area contributed by atoms with Gasteiger partial charge in [0.25, 0.3) is 0 Å². The van der Waals surface area contributed by atoms with Gasteiger partial charge in [0, 0.05) is 11.4 Å². The number of rotatable bonds is 9. The van der Waals surface area contributed by atoms with E-state index in [4.69, 9.17) is 11.5 Å². The number of aryl methyl sites for hydroxylation is 8. The molecule has 0 aliphatic heterocycles. The second-order valence-electron chi connectivity index (χ2n) is 9.50. The first-order chi connectivity index (χ1) is 16.5. The zero-order valence-electron chi connectivity index (χ0n) is 20.5. The van der Waals surface area contributed by atoms with Crippen molar-refractivity contribution < 1.29 is 0 Å². The fourth-order valence-electron chi connectivity index (χ4n) is 4.60. The fourth-order valence-corrected chi connectivity index (χ4v) is 4.60. The van der Waals surface area contributed by atoms with Gasteiger partial charge in [-0.2, -0.15) is 0 Å². The molecule has 2 nitrogen and oxygen atoms in total. The van der Waals surface area contributed by atoms with Gasteiger partial charge < -0.3 is 11.5 Å². The Bertz CT molecular complexity index is 1120. The minimum atomic E-state index is 0.826. The zero-order valence-corrected chi connectivity index (χ0v) is 20.5. The van der Waals surface area contributed by atoms with E-state index in [0.29, 0.717) is 0 Å².